The highest BCUT2D eigenvalue weighted by atomic mass is 32.2. The molecule has 0 radical (unpaired) electrons. The molecule has 1 saturated carbocycles. The molecule has 0 unspecified atom stereocenters. The van der Waals surface area contributed by atoms with Crippen LogP contribution in [0.2, 0.25) is 0 Å². The lowest BCUT2D eigenvalue weighted by atomic mass is 9.85. The number of nitrogens with zero attached hydrogens (tertiary/aromatic N) is 1. The Balaban J connectivity index is 1.54. The summed E-state index contributed by atoms with van der Waals surface area (Å²) in [6, 6.07) is 3.76. The Bertz CT molecular complexity index is 844. The van der Waals surface area contributed by atoms with Gasteiger partial charge in [0.05, 0.1) is 29.5 Å². The van der Waals surface area contributed by atoms with Crippen molar-refractivity contribution in [3.8, 4) is 5.75 Å². The number of thioether (sulfide) groups is 1. The lowest BCUT2D eigenvalue weighted by molar-refractivity contribution is 0.333. The minimum Gasteiger partial charge on any atom is -0.495 e. The lowest BCUT2D eigenvalue weighted by Crippen LogP contribution is -2.29. The van der Waals surface area contributed by atoms with Crippen LogP contribution in [-0.2, 0) is 5.75 Å². The van der Waals surface area contributed by atoms with Crippen LogP contribution >= 0.6 is 11.8 Å². The standard InChI is InChI=1S/C20H28N4O2S/c1-26-18-9-15-16(10-17(18)22-11-13-3-2-4-13)23-19(24-20(15)25)12-27-14-5-7-21-8-6-14/h9-10,13-14,21-22H,2-8,11-12H2,1H3,(H,23,24,25). The highest BCUT2D eigenvalue weighted by Gasteiger charge is 2.18. The van der Waals surface area contributed by atoms with Gasteiger partial charge in [0.2, 0.25) is 0 Å². The largest absolute Gasteiger partial charge is 0.495 e. The van der Waals surface area contributed by atoms with E-state index in [0.29, 0.717) is 16.4 Å². The van der Waals surface area contributed by atoms with Crippen molar-refractivity contribution in [2.24, 2.45) is 5.92 Å². The van der Waals surface area contributed by atoms with E-state index in [1.165, 1.54) is 32.1 Å². The first-order chi connectivity index (χ1) is 13.2. The van der Waals surface area contributed by atoms with Gasteiger partial charge >= 0.3 is 0 Å². The summed E-state index contributed by atoms with van der Waals surface area (Å²) in [6.07, 6.45) is 6.26. The van der Waals surface area contributed by atoms with E-state index in [2.05, 4.69) is 15.6 Å². The average Bonchev–Trinajstić information content (AvgIpc) is 2.65. The molecule has 2 aromatic rings. The number of rotatable bonds is 7. The second kappa shape index (κ2) is 8.52. The summed E-state index contributed by atoms with van der Waals surface area (Å²) >= 11 is 1.89. The van der Waals surface area contributed by atoms with Crippen LogP contribution < -0.4 is 20.9 Å². The van der Waals surface area contributed by atoms with Crippen molar-refractivity contribution in [3.05, 3.63) is 28.3 Å². The molecule has 1 aromatic heterocycles. The van der Waals surface area contributed by atoms with Gasteiger partial charge in [-0.25, -0.2) is 4.98 Å². The van der Waals surface area contributed by atoms with Crippen molar-refractivity contribution in [1.29, 1.82) is 0 Å². The van der Waals surface area contributed by atoms with Crippen molar-refractivity contribution in [2.75, 3.05) is 32.1 Å². The number of hydrogen-bond donors (Lipinski definition) is 3. The first-order valence-corrected chi connectivity index (χ1v) is 10.9. The number of H-pyrrole nitrogens is 1. The Morgan fingerprint density at radius 1 is 1.26 bits per heavy atom. The second-order valence-corrected chi connectivity index (χ2v) is 8.81. The molecule has 2 aliphatic rings. The van der Waals surface area contributed by atoms with Gasteiger partial charge in [-0.05, 0) is 56.8 Å². The number of anilines is 1. The summed E-state index contributed by atoms with van der Waals surface area (Å²) in [6.45, 7) is 3.10. The average molecular weight is 389 g/mol. The quantitative estimate of drug-likeness (QED) is 0.676. The van der Waals surface area contributed by atoms with Gasteiger partial charge in [-0.3, -0.25) is 4.79 Å². The zero-order chi connectivity index (χ0) is 18.6. The van der Waals surface area contributed by atoms with Crippen LogP contribution in [0.4, 0.5) is 5.69 Å². The Morgan fingerprint density at radius 2 is 2.07 bits per heavy atom. The number of nitrogens with one attached hydrogen (secondary N) is 3. The van der Waals surface area contributed by atoms with Gasteiger partial charge < -0.3 is 20.4 Å². The van der Waals surface area contributed by atoms with E-state index < -0.39 is 0 Å². The number of hydrogen-bond acceptors (Lipinski definition) is 6. The monoisotopic (exact) mass is 388 g/mol. The topological polar surface area (TPSA) is 79.0 Å². The van der Waals surface area contributed by atoms with E-state index in [4.69, 9.17) is 9.72 Å². The zero-order valence-electron chi connectivity index (χ0n) is 15.8. The molecular formula is C20H28N4O2S. The first kappa shape index (κ1) is 18.6. The number of aromatic amines is 1. The molecule has 1 saturated heterocycles. The molecule has 0 amide bonds. The molecule has 1 aromatic carbocycles. The van der Waals surface area contributed by atoms with E-state index in [-0.39, 0.29) is 5.56 Å². The maximum Gasteiger partial charge on any atom is 0.258 e. The third kappa shape index (κ3) is 4.41. The third-order valence-corrected chi connectivity index (χ3v) is 7.01. The van der Waals surface area contributed by atoms with Crippen LogP contribution in [-0.4, -0.2) is 42.0 Å². The lowest BCUT2D eigenvalue weighted by Gasteiger charge is -2.26. The van der Waals surface area contributed by atoms with E-state index >= 15 is 0 Å². The van der Waals surface area contributed by atoms with E-state index in [9.17, 15) is 4.79 Å². The van der Waals surface area contributed by atoms with Gasteiger partial charge in [0.25, 0.3) is 5.56 Å². The summed E-state index contributed by atoms with van der Waals surface area (Å²) in [5.41, 5.74) is 1.56. The molecule has 6 nitrogen and oxygen atoms in total. The van der Waals surface area contributed by atoms with Crippen LogP contribution in [0.3, 0.4) is 0 Å². The SMILES string of the molecule is COc1cc2c(=O)[nH]c(CSC3CCNCC3)nc2cc1NCC1CCC1. The second-order valence-electron chi connectivity index (χ2n) is 7.52. The number of fused-ring (bicyclic) bond motifs is 1. The fourth-order valence-corrected chi connectivity index (χ4v) is 4.80. The highest BCUT2D eigenvalue weighted by Crippen LogP contribution is 2.31. The summed E-state index contributed by atoms with van der Waals surface area (Å²) in [4.78, 5) is 20.2. The van der Waals surface area contributed by atoms with Gasteiger partial charge in [-0.15, -0.1) is 0 Å². The molecule has 4 rings (SSSR count). The Labute approximate surface area is 163 Å². The molecule has 0 atom stereocenters. The molecule has 1 aliphatic heterocycles. The highest BCUT2D eigenvalue weighted by molar-refractivity contribution is 7.99. The van der Waals surface area contributed by atoms with Gasteiger partial charge in [0.15, 0.2) is 0 Å². The maximum atomic E-state index is 12.6. The Hall–Kier alpha value is -1.73. The minimum atomic E-state index is -0.0928. The van der Waals surface area contributed by atoms with E-state index in [1.54, 1.807) is 13.2 Å². The van der Waals surface area contributed by atoms with Crippen LogP contribution in [0.25, 0.3) is 10.9 Å². The molecule has 1 aliphatic carbocycles. The van der Waals surface area contributed by atoms with Crippen LogP contribution in [0.1, 0.15) is 37.9 Å². The molecule has 2 heterocycles. The summed E-state index contributed by atoms with van der Waals surface area (Å²) in [7, 11) is 1.64. The molecule has 0 spiro atoms. The number of benzene rings is 1. The van der Waals surface area contributed by atoms with Crippen molar-refractivity contribution in [2.45, 2.75) is 43.1 Å². The molecular weight excluding hydrogens is 360 g/mol. The number of methoxy groups -OCH3 is 1. The molecule has 3 N–H and O–H groups in total. The van der Waals surface area contributed by atoms with Crippen LogP contribution in [0, 0.1) is 5.92 Å². The smallest absolute Gasteiger partial charge is 0.258 e. The third-order valence-electron chi connectivity index (χ3n) is 5.62. The van der Waals surface area contributed by atoms with Gasteiger partial charge in [-0.2, -0.15) is 11.8 Å². The molecule has 0 bridgehead atoms. The van der Waals surface area contributed by atoms with Crippen molar-refractivity contribution in [3.63, 3.8) is 0 Å². The predicted octanol–water partition coefficient (Wildman–Crippen LogP) is 3.13. The molecule has 146 valence electrons. The predicted molar refractivity (Wildman–Crippen MR) is 112 cm³/mol. The van der Waals surface area contributed by atoms with Gasteiger partial charge in [-0.1, -0.05) is 6.42 Å². The Kier molecular flexibility index (Phi) is 5.88. The number of aromatic nitrogens is 2. The van der Waals surface area contributed by atoms with Gasteiger partial charge in [0.1, 0.15) is 11.6 Å². The molecule has 2 fully saturated rings. The van der Waals surface area contributed by atoms with Crippen LogP contribution in [0.5, 0.6) is 5.75 Å². The van der Waals surface area contributed by atoms with Crippen molar-refractivity contribution in [1.82, 2.24) is 15.3 Å². The summed E-state index contributed by atoms with van der Waals surface area (Å²) < 4.78 is 5.50. The molecule has 27 heavy (non-hydrogen) atoms. The van der Waals surface area contributed by atoms with E-state index in [0.717, 1.165) is 48.3 Å². The van der Waals surface area contributed by atoms with Crippen LogP contribution in [0.15, 0.2) is 16.9 Å². The number of piperidine rings is 1. The van der Waals surface area contributed by atoms with Gasteiger partial charge in [0, 0.05) is 11.8 Å². The normalized spacial score (nSPS) is 18.4. The maximum absolute atomic E-state index is 12.6. The van der Waals surface area contributed by atoms with E-state index in [1.807, 2.05) is 17.8 Å². The van der Waals surface area contributed by atoms with Crippen molar-refractivity contribution < 1.29 is 4.74 Å². The minimum absolute atomic E-state index is 0.0928. The number of ether oxygens (including phenoxy) is 1. The van der Waals surface area contributed by atoms with Crippen molar-refractivity contribution >= 4 is 28.4 Å². The fraction of sp³-hybridized carbons (Fsp3) is 0.600. The Morgan fingerprint density at radius 3 is 2.78 bits per heavy atom. The fourth-order valence-electron chi connectivity index (χ4n) is 3.70. The molecule has 7 heteroatoms. The summed E-state index contributed by atoms with van der Waals surface area (Å²) in [5.74, 6) is 2.94. The summed E-state index contributed by atoms with van der Waals surface area (Å²) in [5, 5.41) is 8.10. The zero-order valence-corrected chi connectivity index (χ0v) is 16.7. The first-order valence-electron chi connectivity index (χ1n) is 9.90.